The first kappa shape index (κ1) is 23.8. The highest BCUT2D eigenvalue weighted by Gasteiger charge is 2.20. The van der Waals surface area contributed by atoms with E-state index in [4.69, 9.17) is 25.8 Å². The van der Waals surface area contributed by atoms with Gasteiger partial charge >= 0.3 is 5.97 Å². The number of esters is 1. The zero-order valence-electron chi connectivity index (χ0n) is 18.4. The fourth-order valence-corrected chi connectivity index (χ4v) is 4.37. The Hall–Kier alpha value is -2.84. The second-order valence-corrected chi connectivity index (χ2v) is 8.38. The summed E-state index contributed by atoms with van der Waals surface area (Å²) in [5, 5.41) is 0.607. The number of carbonyl (C=O) groups is 1. The topological polar surface area (TPSA) is 90.5 Å². The number of H-pyrrole nitrogens is 1. The first-order valence-corrected chi connectivity index (χ1v) is 11.5. The molecule has 2 aromatic heterocycles. The zero-order chi connectivity index (χ0) is 23.3. The van der Waals surface area contributed by atoms with Gasteiger partial charge in [0.25, 0.3) is 5.56 Å². The minimum atomic E-state index is -0.469. The Labute approximate surface area is 195 Å². The van der Waals surface area contributed by atoms with Crippen LogP contribution in [0.25, 0.3) is 21.3 Å². The highest BCUT2D eigenvalue weighted by molar-refractivity contribution is 7.20. The number of aryl methyl sites for hydroxylation is 1. The van der Waals surface area contributed by atoms with Crippen LogP contribution in [0.2, 0.25) is 0 Å². The van der Waals surface area contributed by atoms with Gasteiger partial charge in [0.05, 0.1) is 30.7 Å². The molecule has 9 heteroatoms. The number of halogens is 1. The van der Waals surface area contributed by atoms with E-state index < -0.39 is 5.97 Å². The number of aromatic amines is 1. The largest absolute Gasteiger partial charge is 0.493 e. The number of rotatable bonds is 9. The molecule has 0 fully saturated rings. The Balaban J connectivity index is 1.94. The lowest BCUT2D eigenvalue weighted by atomic mass is 10.2. The molecule has 1 aromatic carbocycles. The third kappa shape index (κ3) is 5.14. The molecule has 170 valence electrons. The minimum absolute atomic E-state index is 0.211. The maximum Gasteiger partial charge on any atom is 0.348 e. The molecule has 0 aliphatic rings. The Kier molecular flexibility index (Phi) is 7.93. The number of thiophene rings is 1. The summed E-state index contributed by atoms with van der Waals surface area (Å²) < 4.78 is 16.2. The SMILES string of the molecule is CCCCOc1ccc(/C=C(\Cl)c2nc3sc(C(=O)OCC)c(C)c3c(=O)[nH]2)cc1OC. The zero-order valence-corrected chi connectivity index (χ0v) is 20.0. The van der Waals surface area contributed by atoms with E-state index in [1.165, 1.54) is 0 Å². The predicted molar refractivity (Wildman–Crippen MR) is 128 cm³/mol. The molecule has 0 aliphatic heterocycles. The lowest BCUT2D eigenvalue weighted by Crippen LogP contribution is -2.11. The molecule has 0 bridgehead atoms. The average Bonchev–Trinajstić information content (AvgIpc) is 3.11. The second kappa shape index (κ2) is 10.7. The molecule has 0 spiro atoms. The summed E-state index contributed by atoms with van der Waals surface area (Å²) in [5.74, 6) is 0.985. The molecule has 3 aromatic rings. The van der Waals surface area contributed by atoms with Crippen molar-refractivity contribution < 1.29 is 19.0 Å². The molecule has 0 saturated heterocycles. The highest BCUT2D eigenvalue weighted by atomic mass is 35.5. The van der Waals surface area contributed by atoms with Crippen LogP contribution in [0, 0.1) is 6.92 Å². The molecular formula is C23H25ClN2O5S. The molecule has 7 nitrogen and oxygen atoms in total. The van der Waals surface area contributed by atoms with E-state index in [2.05, 4.69) is 16.9 Å². The summed E-state index contributed by atoms with van der Waals surface area (Å²) in [6, 6.07) is 5.46. The maximum atomic E-state index is 12.7. The number of methoxy groups -OCH3 is 1. The standard InChI is InChI=1S/C23H25ClN2O5S/c1-5-7-10-31-16-9-8-14(12-17(16)29-4)11-15(24)20-25-21(27)18-13(3)19(23(28)30-6-2)32-22(18)26-20/h8-9,11-12H,5-7,10H2,1-4H3,(H,25,26,27)/b15-11-. The number of hydrogen-bond donors (Lipinski definition) is 1. The van der Waals surface area contributed by atoms with Crippen LogP contribution < -0.4 is 15.0 Å². The van der Waals surface area contributed by atoms with Crippen LogP contribution in [0.5, 0.6) is 11.5 Å². The van der Waals surface area contributed by atoms with Gasteiger partial charge in [-0.1, -0.05) is 31.0 Å². The summed E-state index contributed by atoms with van der Waals surface area (Å²) in [5.41, 5.74) is 0.942. The average molecular weight is 477 g/mol. The van der Waals surface area contributed by atoms with Crippen LogP contribution in [0.1, 0.15) is 53.3 Å². The molecule has 0 radical (unpaired) electrons. The number of carbonyl (C=O) groups excluding carboxylic acids is 1. The van der Waals surface area contributed by atoms with Crippen molar-refractivity contribution in [3.8, 4) is 11.5 Å². The number of fused-ring (bicyclic) bond motifs is 1. The number of nitrogens with zero attached hydrogens (tertiary/aromatic N) is 1. The fraction of sp³-hybridized carbons (Fsp3) is 0.348. The quantitative estimate of drug-likeness (QED) is 0.328. The summed E-state index contributed by atoms with van der Waals surface area (Å²) in [4.78, 5) is 32.8. The third-order valence-electron chi connectivity index (χ3n) is 4.72. The Morgan fingerprint density at radius 2 is 2.06 bits per heavy atom. The molecule has 3 rings (SSSR count). The first-order chi connectivity index (χ1) is 15.4. The summed E-state index contributed by atoms with van der Waals surface area (Å²) in [6.45, 7) is 6.40. The normalized spacial score (nSPS) is 11.6. The Bertz CT molecular complexity index is 1220. The number of ether oxygens (including phenoxy) is 3. The van der Waals surface area contributed by atoms with Crippen LogP contribution in [0.15, 0.2) is 23.0 Å². The molecule has 1 N–H and O–H groups in total. The number of nitrogens with one attached hydrogen (secondary N) is 1. The first-order valence-electron chi connectivity index (χ1n) is 10.3. The van der Waals surface area contributed by atoms with Gasteiger partial charge in [0.1, 0.15) is 9.71 Å². The lowest BCUT2D eigenvalue weighted by Gasteiger charge is -2.11. The van der Waals surface area contributed by atoms with Gasteiger partial charge in [0.15, 0.2) is 17.3 Å². The van der Waals surface area contributed by atoms with E-state index >= 15 is 0 Å². The van der Waals surface area contributed by atoms with E-state index in [1.807, 2.05) is 12.1 Å². The predicted octanol–water partition coefficient (Wildman–Crippen LogP) is 5.39. The van der Waals surface area contributed by atoms with Gasteiger partial charge in [-0.25, -0.2) is 9.78 Å². The van der Waals surface area contributed by atoms with Crippen molar-refractivity contribution in [2.75, 3.05) is 20.3 Å². The molecule has 0 aliphatic carbocycles. The number of aromatic nitrogens is 2. The van der Waals surface area contributed by atoms with Gasteiger partial charge in [-0.15, -0.1) is 11.3 Å². The van der Waals surface area contributed by atoms with Crippen molar-refractivity contribution in [2.24, 2.45) is 0 Å². The van der Waals surface area contributed by atoms with Crippen LogP contribution in [-0.4, -0.2) is 36.3 Å². The molecule has 0 amide bonds. The molecule has 0 saturated carbocycles. The summed E-state index contributed by atoms with van der Waals surface area (Å²) >= 11 is 7.59. The Morgan fingerprint density at radius 1 is 1.28 bits per heavy atom. The van der Waals surface area contributed by atoms with Crippen molar-refractivity contribution >= 4 is 50.2 Å². The smallest absolute Gasteiger partial charge is 0.348 e. The van der Waals surface area contributed by atoms with E-state index in [9.17, 15) is 9.59 Å². The molecule has 32 heavy (non-hydrogen) atoms. The van der Waals surface area contributed by atoms with Crippen molar-refractivity contribution in [2.45, 2.75) is 33.6 Å². The summed E-state index contributed by atoms with van der Waals surface area (Å²) in [6.07, 6.45) is 3.67. The third-order valence-corrected chi connectivity index (χ3v) is 6.18. The van der Waals surface area contributed by atoms with Crippen LogP contribution in [0.3, 0.4) is 0 Å². The van der Waals surface area contributed by atoms with E-state index in [-0.39, 0.29) is 23.0 Å². The Morgan fingerprint density at radius 3 is 2.75 bits per heavy atom. The van der Waals surface area contributed by atoms with E-state index in [1.54, 1.807) is 33.1 Å². The van der Waals surface area contributed by atoms with Crippen molar-refractivity contribution in [3.05, 3.63) is 50.4 Å². The monoisotopic (exact) mass is 476 g/mol. The molecule has 0 atom stereocenters. The highest BCUT2D eigenvalue weighted by Crippen LogP contribution is 2.32. The van der Waals surface area contributed by atoms with Crippen molar-refractivity contribution in [3.63, 3.8) is 0 Å². The summed E-state index contributed by atoms with van der Waals surface area (Å²) in [7, 11) is 1.57. The van der Waals surface area contributed by atoms with E-state index in [0.29, 0.717) is 38.8 Å². The lowest BCUT2D eigenvalue weighted by molar-refractivity contribution is 0.0531. The van der Waals surface area contributed by atoms with Gasteiger partial charge in [0.2, 0.25) is 0 Å². The molecule has 0 unspecified atom stereocenters. The van der Waals surface area contributed by atoms with Crippen molar-refractivity contribution in [1.82, 2.24) is 9.97 Å². The van der Waals surface area contributed by atoms with Crippen LogP contribution in [0.4, 0.5) is 0 Å². The van der Waals surface area contributed by atoms with Gasteiger partial charge in [-0.05, 0) is 49.6 Å². The molecule has 2 heterocycles. The fourth-order valence-electron chi connectivity index (χ4n) is 3.08. The van der Waals surface area contributed by atoms with Crippen molar-refractivity contribution in [1.29, 1.82) is 0 Å². The van der Waals surface area contributed by atoms with Gasteiger partial charge in [-0.2, -0.15) is 0 Å². The maximum absolute atomic E-state index is 12.7. The van der Waals surface area contributed by atoms with Gasteiger partial charge in [-0.3, -0.25) is 4.79 Å². The van der Waals surface area contributed by atoms with E-state index in [0.717, 1.165) is 29.7 Å². The molecular weight excluding hydrogens is 452 g/mol. The number of benzene rings is 1. The minimum Gasteiger partial charge on any atom is -0.493 e. The van der Waals surface area contributed by atoms with Gasteiger partial charge in [0, 0.05) is 0 Å². The van der Waals surface area contributed by atoms with Crippen LogP contribution >= 0.6 is 22.9 Å². The number of unbranched alkanes of at least 4 members (excludes halogenated alkanes) is 1. The second-order valence-electron chi connectivity index (χ2n) is 6.98. The number of hydrogen-bond acceptors (Lipinski definition) is 7. The van der Waals surface area contributed by atoms with Crippen LogP contribution in [-0.2, 0) is 4.74 Å². The van der Waals surface area contributed by atoms with Gasteiger partial charge < -0.3 is 19.2 Å².